The van der Waals surface area contributed by atoms with Crippen LogP contribution in [0.2, 0.25) is 0 Å². The second-order valence-corrected chi connectivity index (χ2v) is 7.63. The maximum atomic E-state index is 12.1. The van der Waals surface area contributed by atoms with Crippen LogP contribution in [-0.2, 0) is 24.3 Å². The molecule has 0 aromatic heterocycles. The fourth-order valence-electron chi connectivity index (χ4n) is 1.99. The zero-order valence-corrected chi connectivity index (χ0v) is 14.5. The molecule has 1 N–H and O–H groups in total. The van der Waals surface area contributed by atoms with Gasteiger partial charge in [-0.3, -0.25) is 4.79 Å². The average Bonchev–Trinajstić information content (AvgIpc) is 2.98. The minimum Gasteiger partial charge on any atom is -0.376 e. The van der Waals surface area contributed by atoms with Crippen LogP contribution < -0.4 is 4.72 Å². The van der Waals surface area contributed by atoms with Crippen LogP contribution in [0.4, 0.5) is 0 Å². The van der Waals surface area contributed by atoms with Crippen molar-refractivity contribution in [1.82, 2.24) is 4.72 Å². The Kier molecular flexibility index (Phi) is 5.96. The average molecular weight is 392 g/mol. The summed E-state index contributed by atoms with van der Waals surface area (Å²) in [6.45, 7) is 2.50. The molecule has 1 saturated heterocycles. The first kappa shape index (κ1) is 17.4. The predicted molar refractivity (Wildman–Crippen MR) is 83.9 cm³/mol. The summed E-state index contributed by atoms with van der Waals surface area (Å²) in [5, 5.41) is 0. The summed E-state index contributed by atoms with van der Waals surface area (Å²) in [6.07, 6.45) is 0.991. The van der Waals surface area contributed by atoms with Gasteiger partial charge in [0.25, 0.3) is 15.9 Å². The molecule has 0 unspecified atom stereocenters. The largest absolute Gasteiger partial charge is 0.376 e. The van der Waals surface area contributed by atoms with Gasteiger partial charge in [0, 0.05) is 11.1 Å². The number of carbonyl (C=O) groups is 1. The third-order valence-corrected chi connectivity index (χ3v) is 5.18. The van der Waals surface area contributed by atoms with Crippen LogP contribution in [0.25, 0.3) is 0 Å². The summed E-state index contributed by atoms with van der Waals surface area (Å²) in [6, 6.07) is 6.02. The van der Waals surface area contributed by atoms with Crippen LogP contribution >= 0.6 is 15.9 Å². The van der Waals surface area contributed by atoms with Gasteiger partial charge < -0.3 is 9.47 Å². The molecule has 1 aliphatic rings. The lowest BCUT2D eigenvalue weighted by Gasteiger charge is -2.16. The normalized spacial score (nSPS) is 19.8. The molecular weight excluding hydrogens is 374 g/mol. The fourth-order valence-corrected chi connectivity index (χ4v) is 3.30. The molecule has 1 amide bonds. The first-order chi connectivity index (χ1) is 10.4. The Morgan fingerprint density at radius 2 is 2.14 bits per heavy atom. The van der Waals surface area contributed by atoms with Gasteiger partial charge in [-0.2, -0.15) is 0 Å². The van der Waals surface area contributed by atoms with Crippen LogP contribution in [-0.4, -0.2) is 39.7 Å². The van der Waals surface area contributed by atoms with Crippen molar-refractivity contribution in [2.24, 2.45) is 0 Å². The summed E-state index contributed by atoms with van der Waals surface area (Å²) in [4.78, 5) is 12.0. The zero-order chi connectivity index (χ0) is 16.2. The molecule has 0 saturated carbocycles. The number of halogens is 1. The van der Waals surface area contributed by atoms with Crippen molar-refractivity contribution < 1.29 is 22.7 Å². The molecule has 1 fully saturated rings. The topological polar surface area (TPSA) is 81.7 Å². The number of ether oxygens (including phenoxy) is 2. The smallest absolute Gasteiger partial charge is 0.264 e. The highest BCUT2D eigenvalue weighted by Gasteiger charge is 2.24. The monoisotopic (exact) mass is 391 g/mol. The van der Waals surface area contributed by atoms with Gasteiger partial charge in [-0.1, -0.05) is 15.9 Å². The lowest BCUT2D eigenvalue weighted by molar-refractivity contribution is -0.131. The Morgan fingerprint density at radius 3 is 2.73 bits per heavy atom. The number of benzene rings is 1. The molecule has 2 atom stereocenters. The summed E-state index contributed by atoms with van der Waals surface area (Å²) in [7, 11) is -3.89. The minimum atomic E-state index is -3.89. The Labute approximate surface area is 138 Å². The van der Waals surface area contributed by atoms with Gasteiger partial charge in [0.1, 0.15) is 6.10 Å². The number of hydrogen-bond donors (Lipinski definition) is 1. The molecule has 122 valence electrons. The second kappa shape index (κ2) is 7.54. The standard InChI is InChI=1S/C14H18BrNO5S/c1-10(21-9-12-3-2-8-20-12)14(17)16-22(18,19)13-6-4-11(15)5-7-13/h4-7,10,12H,2-3,8-9H2,1H3,(H,16,17)/t10-,12+/m0/s1. The number of amides is 1. The molecule has 1 aromatic carbocycles. The maximum Gasteiger partial charge on any atom is 0.264 e. The number of carbonyl (C=O) groups excluding carboxylic acids is 1. The molecule has 1 aliphatic heterocycles. The number of sulfonamides is 1. The number of hydrogen-bond acceptors (Lipinski definition) is 5. The van der Waals surface area contributed by atoms with Crippen molar-refractivity contribution in [3.05, 3.63) is 28.7 Å². The highest BCUT2D eigenvalue weighted by atomic mass is 79.9. The molecule has 0 bridgehead atoms. The third kappa shape index (κ3) is 4.77. The molecule has 1 heterocycles. The van der Waals surface area contributed by atoms with E-state index in [9.17, 15) is 13.2 Å². The van der Waals surface area contributed by atoms with Crippen molar-refractivity contribution in [1.29, 1.82) is 0 Å². The van der Waals surface area contributed by atoms with E-state index in [4.69, 9.17) is 9.47 Å². The molecule has 8 heteroatoms. The Balaban J connectivity index is 1.90. The van der Waals surface area contributed by atoms with E-state index in [1.165, 1.54) is 19.1 Å². The quantitative estimate of drug-likeness (QED) is 0.799. The van der Waals surface area contributed by atoms with Crippen LogP contribution in [0.3, 0.4) is 0 Å². The minimum absolute atomic E-state index is 0.0154. The summed E-state index contributed by atoms with van der Waals surface area (Å²) in [5.41, 5.74) is 0. The molecule has 1 aromatic rings. The zero-order valence-electron chi connectivity index (χ0n) is 12.1. The molecule has 6 nitrogen and oxygen atoms in total. The van der Waals surface area contributed by atoms with Crippen molar-refractivity contribution in [3.63, 3.8) is 0 Å². The van der Waals surface area contributed by atoms with E-state index >= 15 is 0 Å². The van der Waals surface area contributed by atoms with Gasteiger partial charge in [-0.25, -0.2) is 13.1 Å². The summed E-state index contributed by atoms with van der Waals surface area (Å²) >= 11 is 3.22. The molecule has 0 radical (unpaired) electrons. The maximum absolute atomic E-state index is 12.1. The van der Waals surface area contributed by atoms with E-state index in [1.54, 1.807) is 12.1 Å². The summed E-state index contributed by atoms with van der Waals surface area (Å²) in [5.74, 6) is -0.694. The molecule has 0 spiro atoms. The molecule has 22 heavy (non-hydrogen) atoms. The SMILES string of the molecule is C[C@H](OC[C@H]1CCCO1)C(=O)NS(=O)(=O)c1ccc(Br)cc1. The van der Waals surface area contributed by atoms with Gasteiger partial charge in [0.2, 0.25) is 0 Å². The van der Waals surface area contributed by atoms with Crippen molar-refractivity contribution in [3.8, 4) is 0 Å². The summed E-state index contributed by atoms with van der Waals surface area (Å²) < 4.78 is 37.7. The Bertz CT molecular complexity index is 611. The molecular formula is C14H18BrNO5S. The Hall–Kier alpha value is -0.960. The van der Waals surface area contributed by atoms with Crippen LogP contribution in [0.1, 0.15) is 19.8 Å². The number of rotatable bonds is 6. The van der Waals surface area contributed by atoms with Gasteiger partial charge >= 0.3 is 0 Å². The fraction of sp³-hybridized carbons (Fsp3) is 0.500. The molecule has 0 aliphatic carbocycles. The van der Waals surface area contributed by atoms with Crippen molar-refractivity contribution >= 4 is 31.9 Å². The second-order valence-electron chi connectivity index (χ2n) is 5.03. The number of nitrogens with one attached hydrogen (secondary N) is 1. The van der Waals surface area contributed by atoms with Crippen LogP contribution in [0, 0.1) is 0 Å². The van der Waals surface area contributed by atoms with Gasteiger partial charge in [0.05, 0.1) is 17.6 Å². The first-order valence-corrected chi connectivity index (χ1v) is 9.21. The Morgan fingerprint density at radius 1 is 1.45 bits per heavy atom. The van der Waals surface area contributed by atoms with Gasteiger partial charge in [0.15, 0.2) is 0 Å². The van der Waals surface area contributed by atoms with E-state index in [0.29, 0.717) is 6.61 Å². The highest BCUT2D eigenvalue weighted by molar-refractivity contribution is 9.10. The van der Waals surface area contributed by atoms with Gasteiger partial charge in [-0.15, -0.1) is 0 Å². The van der Waals surface area contributed by atoms with Gasteiger partial charge in [-0.05, 0) is 44.0 Å². The van der Waals surface area contributed by atoms with Crippen molar-refractivity contribution in [2.75, 3.05) is 13.2 Å². The van der Waals surface area contributed by atoms with E-state index in [1.807, 2.05) is 4.72 Å². The van der Waals surface area contributed by atoms with E-state index in [0.717, 1.165) is 17.3 Å². The van der Waals surface area contributed by atoms with E-state index < -0.39 is 22.0 Å². The lowest BCUT2D eigenvalue weighted by Crippen LogP contribution is -2.39. The molecule has 2 rings (SSSR count). The van der Waals surface area contributed by atoms with E-state index in [-0.39, 0.29) is 17.6 Å². The lowest BCUT2D eigenvalue weighted by atomic mass is 10.2. The van der Waals surface area contributed by atoms with Crippen LogP contribution in [0.5, 0.6) is 0 Å². The third-order valence-electron chi connectivity index (χ3n) is 3.28. The predicted octanol–water partition coefficient (Wildman–Crippen LogP) is 1.84. The first-order valence-electron chi connectivity index (χ1n) is 6.94. The van der Waals surface area contributed by atoms with Crippen LogP contribution in [0.15, 0.2) is 33.6 Å². The van der Waals surface area contributed by atoms with Crippen molar-refractivity contribution in [2.45, 2.75) is 36.9 Å². The van der Waals surface area contributed by atoms with E-state index in [2.05, 4.69) is 15.9 Å². The highest BCUT2D eigenvalue weighted by Crippen LogP contribution is 2.15.